The van der Waals surface area contributed by atoms with Gasteiger partial charge in [0.05, 0.1) is 5.03 Å². The third-order valence-electron chi connectivity index (χ3n) is 2.52. The second-order valence-electron chi connectivity index (χ2n) is 3.47. The van der Waals surface area contributed by atoms with Crippen molar-refractivity contribution >= 4 is 34.8 Å². The molecule has 1 aromatic rings. The van der Waals surface area contributed by atoms with Crippen LogP contribution in [0, 0.1) is 5.92 Å². The fourth-order valence-corrected chi connectivity index (χ4v) is 2.21. The van der Waals surface area contributed by atoms with E-state index < -0.39 is 0 Å². The van der Waals surface area contributed by atoms with Crippen LogP contribution < -0.4 is 0 Å². The second-order valence-corrected chi connectivity index (χ2v) is 4.82. The summed E-state index contributed by atoms with van der Waals surface area (Å²) in [5.74, 6) is 0.820. The minimum Gasteiger partial charge on any atom is -0.0862 e. The maximum atomic E-state index is 5.97. The summed E-state index contributed by atoms with van der Waals surface area (Å²) in [6.45, 7) is 0. The maximum absolute atomic E-state index is 5.97. The van der Waals surface area contributed by atoms with Crippen LogP contribution in [-0.2, 0) is 0 Å². The van der Waals surface area contributed by atoms with E-state index in [0.717, 1.165) is 6.42 Å². The third-order valence-corrected chi connectivity index (χ3v) is 3.59. The summed E-state index contributed by atoms with van der Waals surface area (Å²) in [6.07, 6.45) is 1.05. The van der Waals surface area contributed by atoms with Gasteiger partial charge in [0, 0.05) is 5.92 Å². The topological polar surface area (TPSA) is 0 Å². The minimum atomic E-state index is 0.204. The molecule has 1 aromatic carbocycles. The van der Waals surface area contributed by atoms with E-state index in [9.17, 15) is 0 Å². The van der Waals surface area contributed by atoms with Gasteiger partial charge in [-0.05, 0) is 17.9 Å². The molecule has 2 atom stereocenters. The molecule has 2 rings (SSSR count). The Labute approximate surface area is 98.5 Å². The molecule has 0 unspecified atom stereocenters. The molecule has 1 aliphatic carbocycles. The van der Waals surface area contributed by atoms with Gasteiger partial charge in [0.25, 0.3) is 0 Å². The van der Waals surface area contributed by atoms with Crippen molar-refractivity contribution < 1.29 is 0 Å². The fourth-order valence-electron chi connectivity index (χ4n) is 1.68. The van der Waals surface area contributed by atoms with Crippen molar-refractivity contribution in [3.63, 3.8) is 0 Å². The third kappa shape index (κ3) is 2.08. The summed E-state index contributed by atoms with van der Waals surface area (Å²) in [5.41, 5.74) is 1.31. The van der Waals surface area contributed by atoms with Crippen molar-refractivity contribution in [1.29, 1.82) is 0 Å². The highest BCUT2D eigenvalue weighted by molar-refractivity contribution is 6.59. The first-order valence-electron chi connectivity index (χ1n) is 4.45. The smallest absolute Gasteiger partial charge is 0.0862 e. The number of halogens is 3. The molecule has 0 aliphatic heterocycles. The van der Waals surface area contributed by atoms with E-state index in [1.807, 2.05) is 18.2 Å². The first-order chi connectivity index (χ1) is 6.70. The molecule has 1 fully saturated rings. The molecule has 3 heteroatoms. The van der Waals surface area contributed by atoms with Gasteiger partial charge in [-0.1, -0.05) is 65.1 Å². The molecule has 14 heavy (non-hydrogen) atoms. The van der Waals surface area contributed by atoms with Crippen LogP contribution in [0.5, 0.6) is 0 Å². The molecule has 0 aromatic heterocycles. The Morgan fingerprint density at radius 2 is 1.71 bits per heavy atom. The molecule has 0 amide bonds. The van der Waals surface area contributed by atoms with Crippen LogP contribution in [0.25, 0.3) is 0 Å². The van der Waals surface area contributed by atoms with Crippen LogP contribution in [0.3, 0.4) is 0 Å². The van der Waals surface area contributed by atoms with E-state index in [1.54, 1.807) is 0 Å². The van der Waals surface area contributed by atoms with Gasteiger partial charge in [-0.3, -0.25) is 0 Å². The first kappa shape index (κ1) is 10.4. The lowest BCUT2D eigenvalue weighted by atomic mass is 10.1. The van der Waals surface area contributed by atoms with E-state index in [0.29, 0.717) is 16.9 Å². The summed E-state index contributed by atoms with van der Waals surface area (Å²) in [4.78, 5) is 0. The highest BCUT2D eigenvalue weighted by Crippen LogP contribution is 2.54. The summed E-state index contributed by atoms with van der Waals surface area (Å²) in [7, 11) is 0. The molecule has 0 radical (unpaired) electrons. The Kier molecular flexibility index (Phi) is 3.06. The molecular formula is C11H9Cl3. The monoisotopic (exact) mass is 246 g/mol. The zero-order valence-electron chi connectivity index (χ0n) is 7.38. The van der Waals surface area contributed by atoms with Crippen molar-refractivity contribution in [2.45, 2.75) is 12.3 Å². The number of hydrogen-bond acceptors (Lipinski definition) is 0. The predicted octanol–water partition coefficient (Wildman–Crippen LogP) is 4.68. The number of rotatable bonds is 2. The molecular weight excluding hydrogens is 238 g/mol. The molecule has 0 N–H and O–H groups in total. The molecule has 0 heterocycles. The Hall–Kier alpha value is -0.170. The molecule has 0 saturated heterocycles. The average Bonchev–Trinajstić information content (AvgIpc) is 2.97. The lowest BCUT2D eigenvalue weighted by Gasteiger charge is -1.99. The number of allylic oxidation sites excluding steroid dienone is 1. The van der Waals surface area contributed by atoms with Gasteiger partial charge in [0.1, 0.15) is 4.49 Å². The van der Waals surface area contributed by atoms with Crippen molar-refractivity contribution in [2.75, 3.05) is 0 Å². The second kappa shape index (κ2) is 4.14. The van der Waals surface area contributed by atoms with E-state index in [4.69, 9.17) is 34.8 Å². The van der Waals surface area contributed by atoms with Crippen LogP contribution in [0.15, 0.2) is 39.9 Å². The Bertz CT molecular complexity index is 352. The number of benzene rings is 1. The highest BCUT2D eigenvalue weighted by Gasteiger charge is 2.41. The number of hydrogen-bond donors (Lipinski definition) is 0. The maximum Gasteiger partial charge on any atom is 0.121 e. The molecule has 0 nitrogen and oxygen atoms in total. The summed E-state index contributed by atoms with van der Waals surface area (Å²) >= 11 is 17.2. The zero-order chi connectivity index (χ0) is 10.1. The lowest BCUT2D eigenvalue weighted by Crippen LogP contribution is -1.83. The van der Waals surface area contributed by atoms with Crippen molar-refractivity contribution in [3.8, 4) is 0 Å². The van der Waals surface area contributed by atoms with Crippen molar-refractivity contribution in [3.05, 3.63) is 45.4 Å². The van der Waals surface area contributed by atoms with Crippen LogP contribution in [0.4, 0.5) is 0 Å². The van der Waals surface area contributed by atoms with Gasteiger partial charge < -0.3 is 0 Å². The minimum absolute atomic E-state index is 0.204. The van der Waals surface area contributed by atoms with Crippen molar-refractivity contribution in [2.24, 2.45) is 5.92 Å². The molecule has 1 saturated carbocycles. The fraction of sp³-hybridized carbons (Fsp3) is 0.273. The SMILES string of the molecule is ClC(Cl)=C(Cl)[C@@H]1C[C@@H]1c1ccccc1. The lowest BCUT2D eigenvalue weighted by molar-refractivity contribution is 0.994. The zero-order valence-corrected chi connectivity index (χ0v) is 9.65. The van der Waals surface area contributed by atoms with Crippen LogP contribution in [-0.4, -0.2) is 0 Å². The van der Waals surface area contributed by atoms with Crippen LogP contribution in [0.1, 0.15) is 17.9 Å². The first-order valence-corrected chi connectivity index (χ1v) is 5.59. The molecule has 1 aliphatic rings. The Balaban J connectivity index is 2.11. The van der Waals surface area contributed by atoms with E-state index >= 15 is 0 Å². The van der Waals surface area contributed by atoms with Gasteiger partial charge >= 0.3 is 0 Å². The average molecular weight is 248 g/mol. The summed E-state index contributed by atoms with van der Waals surface area (Å²) in [5, 5.41) is 0.599. The van der Waals surface area contributed by atoms with Gasteiger partial charge in [0.15, 0.2) is 0 Å². The standard InChI is InChI=1S/C11H9Cl3/c12-10(11(13)14)9-6-8(9)7-4-2-1-3-5-7/h1-5,8-9H,6H2/t8-,9-/m1/s1. The summed E-state index contributed by atoms with van der Waals surface area (Å²) in [6, 6.07) is 10.3. The molecule has 74 valence electrons. The Morgan fingerprint density at radius 1 is 1.07 bits per heavy atom. The molecule has 0 bridgehead atoms. The largest absolute Gasteiger partial charge is 0.121 e. The normalized spacial score (nSPS) is 24.5. The van der Waals surface area contributed by atoms with Gasteiger partial charge in [-0.2, -0.15) is 0 Å². The van der Waals surface area contributed by atoms with Crippen molar-refractivity contribution in [1.82, 2.24) is 0 Å². The van der Waals surface area contributed by atoms with Gasteiger partial charge in [0.2, 0.25) is 0 Å². The predicted molar refractivity (Wildman–Crippen MR) is 61.9 cm³/mol. The van der Waals surface area contributed by atoms with E-state index in [-0.39, 0.29) is 4.49 Å². The van der Waals surface area contributed by atoms with Gasteiger partial charge in [-0.15, -0.1) is 0 Å². The van der Waals surface area contributed by atoms with E-state index in [1.165, 1.54) is 5.56 Å². The Morgan fingerprint density at radius 3 is 2.29 bits per heavy atom. The molecule has 0 spiro atoms. The van der Waals surface area contributed by atoms with E-state index in [2.05, 4.69) is 12.1 Å². The van der Waals surface area contributed by atoms with Crippen LogP contribution in [0.2, 0.25) is 0 Å². The van der Waals surface area contributed by atoms with Gasteiger partial charge in [-0.25, -0.2) is 0 Å². The summed E-state index contributed by atoms with van der Waals surface area (Å²) < 4.78 is 0.204. The van der Waals surface area contributed by atoms with Crippen LogP contribution >= 0.6 is 34.8 Å². The quantitative estimate of drug-likeness (QED) is 0.712. The highest BCUT2D eigenvalue weighted by atomic mass is 35.5.